The largest absolute Gasteiger partial charge is 0.410 e. The van der Waals surface area contributed by atoms with Gasteiger partial charge in [0.2, 0.25) is 0 Å². The summed E-state index contributed by atoms with van der Waals surface area (Å²) in [5.74, 6) is -0.514. The van der Waals surface area contributed by atoms with Crippen LogP contribution in [-0.4, -0.2) is 31.6 Å². The number of nitrogens with one attached hydrogen (secondary N) is 2. The molecule has 0 radical (unpaired) electrons. The number of rotatable bonds is 5. The number of nitrogens with zero attached hydrogens (tertiary/aromatic N) is 4. The Bertz CT molecular complexity index is 1500. The Labute approximate surface area is 226 Å². The molecule has 0 spiro atoms. The van der Waals surface area contributed by atoms with Gasteiger partial charge >= 0.3 is 6.18 Å². The van der Waals surface area contributed by atoms with Crippen LogP contribution in [0.1, 0.15) is 51.5 Å². The van der Waals surface area contributed by atoms with E-state index in [1.165, 1.54) is 6.07 Å². The third-order valence-electron chi connectivity index (χ3n) is 6.58. The Balaban J connectivity index is 1.40. The molecule has 3 heterocycles. The van der Waals surface area contributed by atoms with E-state index in [2.05, 4.69) is 20.8 Å². The van der Waals surface area contributed by atoms with Crippen molar-refractivity contribution in [2.75, 3.05) is 10.6 Å². The third kappa shape index (κ3) is 5.10. The van der Waals surface area contributed by atoms with Crippen LogP contribution in [0.3, 0.4) is 0 Å². The zero-order valence-electron chi connectivity index (χ0n) is 20.4. The number of benzene rings is 2. The first kappa shape index (κ1) is 26.1. The first-order valence-corrected chi connectivity index (χ1v) is 12.5. The van der Waals surface area contributed by atoms with Crippen molar-refractivity contribution >= 4 is 40.6 Å². The van der Waals surface area contributed by atoms with Crippen LogP contribution < -0.4 is 10.6 Å². The van der Waals surface area contributed by atoms with Gasteiger partial charge in [-0.15, -0.1) is 0 Å². The minimum atomic E-state index is -4.54. The van der Waals surface area contributed by atoms with Gasteiger partial charge < -0.3 is 10.6 Å². The van der Waals surface area contributed by atoms with Crippen LogP contribution in [0.4, 0.5) is 24.7 Å². The van der Waals surface area contributed by atoms with Crippen molar-refractivity contribution in [3.05, 3.63) is 92.9 Å². The summed E-state index contributed by atoms with van der Waals surface area (Å²) in [6.07, 6.45) is -4.79. The summed E-state index contributed by atoms with van der Waals surface area (Å²) in [5, 5.41) is 15.4. The molecule has 1 amide bonds. The molecule has 0 saturated carbocycles. The highest BCUT2D eigenvalue weighted by molar-refractivity contribution is 6.35. The summed E-state index contributed by atoms with van der Waals surface area (Å²) in [6, 6.07) is 12.9. The molecule has 198 valence electrons. The Kier molecular flexibility index (Phi) is 6.87. The van der Waals surface area contributed by atoms with Crippen molar-refractivity contribution in [3.63, 3.8) is 0 Å². The molecule has 2 N–H and O–H groups in total. The summed E-state index contributed by atoms with van der Waals surface area (Å²) in [4.78, 5) is 13.1. The lowest BCUT2D eigenvalue weighted by atomic mass is 9.97. The summed E-state index contributed by atoms with van der Waals surface area (Å²) in [5.41, 5.74) is 3.02. The van der Waals surface area contributed by atoms with E-state index >= 15 is 0 Å². The van der Waals surface area contributed by atoms with E-state index in [0.717, 1.165) is 15.8 Å². The molecular weight excluding hydrogens is 540 g/mol. The van der Waals surface area contributed by atoms with Crippen LogP contribution in [0, 0.1) is 13.8 Å². The number of aryl methyl sites for hydroxylation is 1. The normalized spacial score (nSPS) is 17.1. The maximum absolute atomic E-state index is 14.0. The minimum Gasteiger partial charge on any atom is -0.363 e. The summed E-state index contributed by atoms with van der Waals surface area (Å²) in [6.45, 7) is 3.85. The number of halogens is 5. The molecule has 2 atom stereocenters. The van der Waals surface area contributed by atoms with Gasteiger partial charge in [0.25, 0.3) is 5.91 Å². The predicted molar refractivity (Wildman–Crippen MR) is 140 cm³/mol. The molecule has 0 fully saturated rings. The Hall–Kier alpha value is -3.50. The number of aromatic nitrogens is 4. The molecular formula is C26H23Cl2F3N6O. The SMILES string of the molecule is Cc1nn(Cc2ccc(Cl)cc2Cl)c(C)c1NC(=O)c1cc2n(n1)[C@H](C(F)(F)F)C[C@@H](c1ccccc1)N2. The molecule has 5 rings (SSSR count). The van der Waals surface area contributed by atoms with Crippen LogP contribution in [0.25, 0.3) is 0 Å². The number of anilines is 2. The Morgan fingerprint density at radius 1 is 1.11 bits per heavy atom. The first-order chi connectivity index (χ1) is 18.0. The molecule has 2 aromatic carbocycles. The van der Waals surface area contributed by atoms with Crippen molar-refractivity contribution in [2.24, 2.45) is 0 Å². The fourth-order valence-electron chi connectivity index (χ4n) is 4.61. The van der Waals surface area contributed by atoms with Gasteiger partial charge in [-0.3, -0.25) is 9.48 Å². The molecule has 4 aromatic rings. The van der Waals surface area contributed by atoms with Gasteiger partial charge in [0, 0.05) is 22.5 Å². The van der Waals surface area contributed by atoms with Crippen LogP contribution >= 0.6 is 23.2 Å². The average molecular weight is 563 g/mol. The smallest absolute Gasteiger partial charge is 0.363 e. The average Bonchev–Trinajstić information content (AvgIpc) is 3.41. The molecule has 0 bridgehead atoms. The van der Waals surface area contributed by atoms with E-state index in [0.29, 0.717) is 33.7 Å². The van der Waals surface area contributed by atoms with E-state index in [4.69, 9.17) is 23.2 Å². The van der Waals surface area contributed by atoms with Crippen LogP contribution in [-0.2, 0) is 6.54 Å². The van der Waals surface area contributed by atoms with Gasteiger partial charge in [0.15, 0.2) is 11.7 Å². The van der Waals surface area contributed by atoms with Gasteiger partial charge in [-0.05, 0) is 37.1 Å². The first-order valence-electron chi connectivity index (χ1n) is 11.8. The number of carbonyl (C=O) groups excluding carboxylic acids is 1. The molecule has 0 saturated heterocycles. The van der Waals surface area contributed by atoms with E-state index in [1.807, 2.05) is 0 Å². The molecule has 2 aromatic heterocycles. The zero-order valence-corrected chi connectivity index (χ0v) is 21.9. The monoisotopic (exact) mass is 562 g/mol. The fourth-order valence-corrected chi connectivity index (χ4v) is 5.08. The number of fused-ring (bicyclic) bond motifs is 1. The van der Waals surface area contributed by atoms with Gasteiger partial charge in [-0.25, -0.2) is 4.68 Å². The number of hydrogen-bond acceptors (Lipinski definition) is 4. The second kappa shape index (κ2) is 9.99. The number of amides is 1. The second-order valence-corrected chi connectivity index (χ2v) is 10.00. The molecule has 1 aliphatic rings. The van der Waals surface area contributed by atoms with Crippen molar-refractivity contribution in [1.29, 1.82) is 0 Å². The summed E-state index contributed by atoms with van der Waals surface area (Å²) >= 11 is 12.3. The molecule has 1 aliphatic heterocycles. The molecule has 0 aliphatic carbocycles. The second-order valence-electron chi connectivity index (χ2n) is 9.15. The lowest BCUT2D eigenvalue weighted by Crippen LogP contribution is -2.35. The predicted octanol–water partition coefficient (Wildman–Crippen LogP) is 6.96. The highest BCUT2D eigenvalue weighted by atomic mass is 35.5. The van der Waals surface area contributed by atoms with Crippen LogP contribution in [0.15, 0.2) is 54.6 Å². The lowest BCUT2D eigenvalue weighted by Gasteiger charge is -2.33. The highest BCUT2D eigenvalue weighted by Gasteiger charge is 2.46. The molecule has 7 nitrogen and oxygen atoms in total. The van der Waals surface area contributed by atoms with Crippen molar-refractivity contribution in [3.8, 4) is 0 Å². The lowest BCUT2D eigenvalue weighted by molar-refractivity contribution is -0.173. The van der Waals surface area contributed by atoms with Gasteiger partial charge in [-0.1, -0.05) is 59.6 Å². The van der Waals surface area contributed by atoms with E-state index in [-0.39, 0.29) is 17.9 Å². The van der Waals surface area contributed by atoms with Crippen molar-refractivity contribution in [1.82, 2.24) is 19.6 Å². The van der Waals surface area contributed by atoms with Crippen LogP contribution in [0.5, 0.6) is 0 Å². The highest BCUT2D eigenvalue weighted by Crippen LogP contribution is 2.43. The van der Waals surface area contributed by atoms with Crippen molar-refractivity contribution < 1.29 is 18.0 Å². The third-order valence-corrected chi connectivity index (χ3v) is 7.17. The Morgan fingerprint density at radius 2 is 1.84 bits per heavy atom. The molecule has 12 heteroatoms. The molecule has 38 heavy (non-hydrogen) atoms. The Morgan fingerprint density at radius 3 is 2.53 bits per heavy atom. The van der Waals surface area contributed by atoms with Gasteiger partial charge in [0.05, 0.1) is 29.7 Å². The number of hydrogen-bond donors (Lipinski definition) is 2. The van der Waals surface area contributed by atoms with E-state index in [1.54, 1.807) is 67.1 Å². The van der Waals surface area contributed by atoms with Crippen molar-refractivity contribution in [2.45, 2.75) is 45.1 Å². The maximum Gasteiger partial charge on any atom is 0.410 e. The topological polar surface area (TPSA) is 76.8 Å². The molecule has 0 unspecified atom stereocenters. The van der Waals surface area contributed by atoms with E-state index in [9.17, 15) is 18.0 Å². The van der Waals surface area contributed by atoms with Crippen LogP contribution in [0.2, 0.25) is 10.0 Å². The quantitative estimate of drug-likeness (QED) is 0.275. The number of carbonyl (C=O) groups is 1. The maximum atomic E-state index is 14.0. The van der Waals surface area contributed by atoms with Gasteiger partial charge in [0.1, 0.15) is 5.82 Å². The number of alkyl halides is 3. The fraction of sp³-hybridized carbons (Fsp3) is 0.269. The minimum absolute atomic E-state index is 0.124. The zero-order chi connectivity index (χ0) is 27.2. The summed E-state index contributed by atoms with van der Waals surface area (Å²) < 4.78 is 44.5. The summed E-state index contributed by atoms with van der Waals surface area (Å²) in [7, 11) is 0. The standard InChI is InChI=1S/C26H23Cl2F3N6O/c1-14-24(15(2)36(34-14)13-17-8-9-18(27)10-19(17)28)33-25(38)21-12-23-32-20(16-6-4-3-5-7-16)11-22(26(29,30)31)37(23)35-21/h3-10,12,20,22,32H,11,13H2,1-2H3,(H,33,38)/t20-,22-/m0/s1. The van der Waals surface area contributed by atoms with E-state index < -0.39 is 24.2 Å². The van der Waals surface area contributed by atoms with Gasteiger partial charge in [-0.2, -0.15) is 23.4 Å².